The summed E-state index contributed by atoms with van der Waals surface area (Å²) in [6.07, 6.45) is 0. The molecule has 0 aliphatic heterocycles. The van der Waals surface area contributed by atoms with E-state index in [4.69, 9.17) is 10.2 Å². The second-order valence-corrected chi connectivity index (χ2v) is 4.85. The van der Waals surface area contributed by atoms with E-state index in [0.29, 0.717) is 4.88 Å². The van der Waals surface area contributed by atoms with Crippen LogP contribution in [0.4, 0.5) is 0 Å². The Balaban J connectivity index is 2.81. The minimum Gasteiger partial charge on any atom is -0.395 e. The molecule has 0 fully saturated rings. The van der Waals surface area contributed by atoms with Crippen molar-refractivity contribution in [1.29, 1.82) is 0 Å². The first-order chi connectivity index (χ1) is 7.60. The maximum Gasteiger partial charge on any atom is 0.264 e. The van der Waals surface area contributed by atoms with Crippen LogP contribution in [0.15, 0.2) is 6.07 Å². The van der Waals surface area contributed by atoms with Crippen molar-refractivity contribution < 1.29 is 15.0 Å². The summed E-state index contributed by atoms with van der Waals surface area (Å²) in [5, 5.41) is 17.7. The van der Waals surface area contributed by atoms with Crippen molar-refractivity contribution in [3.05, 3.63) is 21.4 Å². The number of nitrogens with zero attached hydrogens (tertiary/aromatic N) is 1. The predicted molar refractivity (Wildman–Crippen MR) is 63.9 cm³/mol. The number of hydrogen-bond donors (Lipinski definition) is 2. The Labute approximate surface area is 99.1 Å². The molecule has 1 rings (SSSR count). The molecule has 0 saturated heterocycles. The van der Waals surface area contributed by atoms with Crippen molar-refractivity contribution in [1.82, 2.24) is 4.90 Å². The van der Waals surface area contributed by atoms with E-state index in [1.54, 1.807) is 0 Å². The Morgan fingerprint density at radius 3 is 2.25 bits per heavy atom. The highest BCUT2D eigenvalue weighted by molar-refractivity contribution is 7.14. The van der Waals surface area contributed by atoms with Crippen LogP contribution >= 0.6 is 11.3 Å². The molecule has 0 spiro atoms. The van der Waals surface area contributed by atoms with Crippen molar-refractivity contribution in [3.63, 3.8) is 0 Å². The van der Waals surface area contributed by atoms with Gasteiger partial charge in [0.1, 0.15) is 0 Å². The van der Waals surface area contributed by atoms with Gasteiger partial charge in [-0.05, 0) is 25.5 Å². The summed E-state index contributed by atoms with van der Waals surface area (Å²) >= 11 is 1.45. The number of amides is 1. The van der Waals surface area contributed by atoms with E-state index in [2.05, 4.69) is 0 Å². The van der Waals surface area contributed by atoms with E-state index in [1.165, 1.54) is 16.2 Å². The first-order valence-electron chi connectivity index (χ1n) is 5.18. The highest BCUT2D eigenvalue weighted by atomic mass is 32.1. The van der Waals surface area contributed by atoms with Crippen LogP contribution in [-0.2, 0) is 0 Å². The molecule has 1 aromatic rings. The van der Waals surface area contributed by atoms with Crippen molar-refractivity contribution in [3.8, 4) is 0 Å². The largest absolute Gasteiger partial charge is 0.395 e. The van der Waals surface area contributed by atoms with Crippen molar-refractivity contribution >= 4 is 17.2 Å². The summed E-state index contributed by atoms with van der Waals surface area (Å²) in [6, 6.07) is 1.85. The molecule has 1 aromatic heterocycles. The summed E-state index contributed by atoms with van der Waals surface area (Å²) in [5.74, 6) is -0.121. The van der Waals surface area contributed by atoms with Gasteiger partial charge in [-0.25, -0.2) is 0 Å². The Morgan fingerprint density at radius 2 is 1.88 bits per heavy atom. The second kappa shape index (κ2) is 5.98. The van der Waals surface area contributed by atoms with Crippen LogP contribution in [0.5, 0.6) is 0 Å². The molecule has 0 aliphatic carbocycles. The summed E-state index contributed by atoms with van der Waals surface area (Å²) in [5.41, 5.74) is 1.10. The monoisotopic (exact) mass is 243 g/mol. The standard InChI is InChI=1S/C11H17NO3S/c1-8-7-10(16-9(8)2)11(15)12(3-5-13)4-6-14/h7,13-14H,3-6H2,1-2H3. The third kappa shape index (κ3) is 3.04. The first kappa shape index (κ1) is 13.2. The van der Waals surface area contributed by atoms with E-state index in [0.717, 1.165) is 10.4 Å². The van der Waals surface area contributed by atoms with Gasteiger partial charge in [0.05, 0.1) is 18.1 Å². The number of carbonyl (C=O) groups is 1. The molecule has 4 nitrogen and oxygen atoms in total. The molecular weight excluding hydrogens is 226 g/mol. The zero-order valence-electron chi connectivity index (χ0n) is 9.56. The third-order valence-corrected chi connectivity index (χ3v) is 3.54. The molecule has 0 radical (unpaired) electrons. The van der Waals surface area contributed by atoms with Crippen LogP contribution < -0.4 is 0 Å². The zero-order chi connectivity index (χ0) is 12.1. The van der Waals surface area contributed by atoms with Gasteiger partial charge in [0.15, 0.2) is 0 Å². The Hall–Kier alpha value is -0.910. The molecule has 5 heteroatoms. The van der Waals surface area contributed by atoms with E-state index in [1.807, 2.05) is 19.9 Å². The molecule has 0 bridgehead atoms. The van der Waals surface area contributed by atoms with Gasteiger partial charge in [0.2, 0.25) is 0 Å². The fourth-order valence-corrected chi connectivity index (χ4v) is 2.39. The predicted octanol–water partition coefficient (Wildman–Crippen LogP) is 0.792. The third-order valence-electron chi connectivity index (χ3n) is 2.40. The van der Waals surface area contributed by atoms with E-state index in [-0.39, 0.29) is 32.2 Å². The average Bonchev–Trinajstić information content (AvgIpc) is 2.58. The smallest absolute Gasteiger partial charge is 0.264 e. The Bertz CT molecular complexity index is 337. The van der Waals surface area contributed by atoms with Gasteiger partial charge in [0, 0.05) is 18.0 Å². The first-order valence-corrected chi connectivity index (χ1v) is 5.99. The fourth-order valence-electron chi connectivity index (χ4n) is 1.39. The Kier molecular flexibility index (Phi) is 4.92. The van der Waals surface area contributed by atoms with Crippen LogP contribution in [0.2, 0.25) is 0 Å². The molecule has 1 heterocycles. The van der Waals surface area contributed by atoms with Crippen molar-refractivity contribution in [2.75, 3.05) is 26.3 Å². The van der Waals surface area contributed by atoms with Gasteiger partial charge in [-0.2, -0.15) is 0 Å². The van der Waals surface area contributed by atoms with Crippen LogP contribution in [-0.4, -0.2) is 47.3 Å². The molecular formula is C11H17NO3S. The molecule has 1 amide bonds. The molecule has 2 N–H and O–H groups in total. The van der Waals surface area contributed by atoms with Gasteiger partial charge in [0.25, 0.3) is 5.91 Å². The summed E-state index contributed by atoms with van der Waals surface area (Å²) < 4.78 is 0. The minimum absolute atomic E-state index is 0.0882. The highest BCUT2D eigenvalue weighted by Gasteiger charge is 2.17. The van der Waals surface area contributed by atoms with Gasteiger partial charge in [-0.3, -0.25) is 4.79 Å². The van der Waals surface area contributed by atoms with Gasteiger partial charge in [-0.1, -0.05) is 0 Å². The molecule has 0 atom stereocenters. The SMILES string of the molecule is Cc1cc(C(=O)N(CCO)CCO)sc1C. The maximum atomic E-state index is 12.0. The number of rotatable bonds is 5. The van der Waals surface area contributed by atoms with Gasteiger partial charge in [-0.15, -0.1) is 11.3 Å². The van der Waals surface area contributed by atoms with E-state index < -0.39 is 0 Å². The fraction of sp³-hybridized carbons (Fsp3) is 0.545. The van der Waals surface area contributed by atoms with Crippen LogP contribution in [0.1, 0.15) is 20.1 Å². The average molecular weight is 243 g/mol. The molecule has 0 aromatic carbocycles. The summed E-state index contributed by atoms with van der Waals surface area (Å²) in [4.78, 5) is 15.3. The lowest BCUT2D eigenvalue weighted by Gasteiger charge is -2.19. The number of hydrogen-bond acceptors (Lipinski definition) is 4. The van der Waals surface area contributed by atoms with Crippen LogP contribution in [0, 0.1) is 13.8 Å². The Morgan fingerprint density at radius 1 is 1.31 bits per heavy atom. The van der Waals surface area contributed by atoms with Crippen LogP contribution in [0.25, 0.3) is 0 Å². The van der Waals surface area contributed by atoms with E-state index in [9.17, 15) is 4.79 Å². The molecule has 0 saturated carbocycles. The normalized spacial score (nSPS) is 10.5. The zero-order valence-corrected chi connectivity index (χ0v) is 10.4. The molecule has 0 unspecified atom stereocenters. The lowest BCUT2D eigenvalue weighted by molar-refractivity contribution is 0.0689. The summed E-state index contributed by atoms with van der Waals surface area (Å²) in [6.45, 7) is 4.28. The van der Waals surface area contributed by atoms with Gasteiger partial charge >= 0.3 is 0 Å². The number of aliphatic hydroxyl groups is 2. The lowest BCUT2D eigenvalue weighted by atomic mass is 10.2. The number of aryl methyl sites for hydroxylation is 2. The number of carbonyl (C=O) groups excluding carboxylic acids is 1. The maximum absolute atomic E-state index is 12.0. The second-order valence-electron chi connectivity index (χ2n) is 3.59. The summed E-state index contributed by atoms with van der Waals surface area (Å²) in [7, 11) is 0. The molecule has 0 aliphatic rings. The number of aliphatic hydroxyl groups excluding tert-OH is 2. The van der Waals surface area contributed by atoms with Crippen molar-refractivity contribution in [2.24, 2.45) is 0 Å². The quantitative estimate of drug-likeness (QED) is 0.804. The van der Waals surface area contributed by atoms with Gasteiger partial charge < -0.3 is 15.1 Å². The topological polar surface area (TPSA) is 60.8 Å². The van der Waals surface area contributed by atoms with E-state index >= 15 is 0 Å². The molecule has 16 heavy (non-hydrogen) atoms. The number of thiophene rings is 1. The lowest BCUT2D eigenvalue weighted by Crippen LogP contribution is -2.35. The molecule has 90 valence electrons. The van der Waals surface area contributed by atoms with Crippen molar-refractivity contribution in [2.45, 2.75) is 13.8 Å². The van der Waals surface area contributed by atoms with Crippen LogP contribution in [0.3, 0.4) is 0 Å². The highest BCUT2D eigenvalue weighted by Crippen LogP contribution is 2.21. The minimum atomic E-state index is -0.121.